The van der Waals surface area contributed by atoms with Crippen LogP contribution in [0.25, 0.3) is 11.0 Å². The molecule has 0 aliphatic carbocycles. The lowest BCUT2D eigenvalue weighted by atomic mass is 10.2. The van der Waals surface area contributed by atoms with E-state index in [-0.39, 0.29) is 5.28 Å². The molecule has 100 valence electrons. The van der Waals surface area contributed by atoms with E-state index in [1.807, 2.05) is 37.3 Å². The molecule has 5 nitrogen and oxygen atoms in total. The van der Waals surface area contributed by atoms with E-state index in [1.165, 1.54) is 5.56 Å². The lowest BCUT2D eigenvalue weighted by Gasteiger charge is -2.01. The molecule has 2 heterocycles. The molecule has 2 N–H and O–H groups in total. The fraction of sp³-hybridized carbons (Fsp3) is 0.0714. The van der Waals surface area contributed by atoms with Crippen LogP contribution >= 0.6 is 11.6 Å². The fourth-order valence-electron chi connectivity index (χ4n) is 1.92. The Morgan fingerprint density at radius 3 is 3.05 bits per heavy atom. The topological polar surface area (TPSA) is 66.0 Å². The molecule has 0 saturated heterocycles. The lowest BCUT2D eigenvalue weighted by molar-refractivity contribution is 1.17. The van der Waals surface area contributed by atoms with Crippen molar-refractivity contribution in [2.45, 2.75) is 6.92 Å². The Kier molecular flexibility index (Phi) is 3.35. The number of hydrogen-bond acceptors (Lipinski definition) is 4. The third kappa shape index (κ3) is 2.62. The summed E-state index contributed by atoms with van der Waals surface area (Å²) in [4.78, 5) is 11.2. The van der Waals surface area contributed by atoms with Gasteiger partial charge in [-0.15, -0.1) is 0 Å². The van der Waals surface area contributed by atoms with Crippen molar-refractivity contribution in [1.82, 2.24) is 15.0 Å². The summed E-state index contributed by atoms with van der Waals surface area (Å²) in [5, 5.41) is 5.20. The predicted molar refractivity (Wildman–Crippen MR) is 81.3 cm³/mol. The molecule has 3 rings (SSSR count). The van der Waals surface area contributed by atoms with Gasteiger partial charge in [0.05, 0.1) is 11.6 Å². The lowest BCUT2D eigenvalue weighted by Crippen LogP contribution is -1.96. The van der Waals surface area contributed by atoms with Gasteiger partial charge in [-0.25, -0.2) is 0 Å². The van der Waals surface area contributed by atoms with E-state index in [9.17, 15) is 0 Å². The van der Waals surface area contributed by atoms with Crippen LogP contribution in [-0.2, 0) is 0 Å². The number of nitrogens with zero attached hydrogens (tertiary/aromatic N) is 3. The first-order chi connectivity index (χ1) is 9.72. The van der Waals surface area contributed by atoms with E-state index in [4.69, 9.17) is 11.6 Å². The quantitative estimate of drug-likeness (QED) is 0.440. The highest BCUT2D eigenvalue weighted by Crippen LogP contribution is 2.20. The SMILES string of the molecule is Cc1cccc(C=NNc2nc(Cl)nc3[nH]ccc23)c1. The van der Waals surface area contributed by atoms with Crippen molar-refractivity contribution in [3.8, 4) is 0 Å². The van der Waals surface area contributed by atoms with Crippen LogP contribution in [0, 0.1) is 6.92 Å². The molecule has 0 atom stereocenters. The number of hydrogen-bond donors (Lipinski definition) is 2. The molecule has 0 unspecified atom stereocenters. The second kappa shape index (κ2) is 5.30. The fourth-order valence-corrected chi connectivity index (χ4v) is 2.09. The second-order valence-electron chi connectivity index (χ2n) is 4.37. The minimum Gasteiger partial charge on any atom is -0.346 e. The van der Waals surface area contributed by atoms with Crippen molar-refractivity contribution < 1.29 is 0 Å². The number of aromatic amines is 1. The molecule has 0 amide bonds. The number of aromatic nitrogens is 3. The van der Waals surface area contributed by atoms with Gasteiger partial charge in [-0.1, -0.05) is 29.8 Å². The Morgan fingerprint density at radius 1 is 1.30 bits per heavy atom. The summed E-state index contributed by atoms with van der Waals surface area (Å²) in [6.07, 6.45) is 3.52. The maximum absolute atomic E-state index is 5.86. The molecule has 0 aliphatic heterocycles. The van der Waals surface area contributed by atoms with Gasteiger partial charge >= 0.3 is 0 Å². The van der Waals surface area contributed by atoms with Gasteiger partial charge in [0.25, 0.3) is 0 Å². The van der Waals surface area contributed by atoms with Crippen molar-refractivity contribution in [2.24, 2.45) is 5.10 Å². The van der Waals surface area contributed by atoms with Gasteiger partial charge in [-0.05, 0) is 30.2 Å². The Balaban J connectivity index is 1.85. The number of aryl methyl sites for hydroxylation is 1. The Labute approximate surface area is 120 Å². The Hall–Kier alpha value is -2.40. The highest BCUT2D eigenvalue weighted by Gasteiger charge is 2.06. The van der Waals surface area contributed by atoms with Gasteiger partial charge in [-0.3, -0.25) is 5.43 Å². The van der Waals surface area contributed by atoms with E-state index in [0.717, 1.165) is 10.9 Å². The van der Waals surface area contributed by atoms with Crippen LogP contribution < -0.4 is 5.43 Å². The van der Waals surface area contributed by atoms with Gasteiger partial charge in [0.15, 0.2) is 5.82 Å². The van der Waals surface area contributed by atoms with Gasteiger partial charge in [0.1, 0.15) is 5.65 Å². The number of anilines is 1. The summed E-state index contributed by atoms with van der Waals surface area (Å²) in [7, 11) is 0. The highest BCUT2D eigenvalue weighted by atomic mass is 35.5. The maximum Gasteiger partial charge on any atom is 0.226 e. The molecule has 1 aromatic carbocycles. The summed E-state index contributed by atoms with van der Waals surface area (Å²) >= 11 is 5.86. The molecular formula is C14H12ClN5. The number of H-pyrrole nitrogens is 1. The van der Waals surface area contributed by atoms with Crippen molar-refractivity contribution in [3.05, 3.63) is 52.9 Å². The molecule has 0 bridgehead atoms. The van der Waals surface area contributed by atoms with Crippen LogP contribution in [0.1, 0.15) is 11.1 Å². The molecule has 3 aromatic rings. The molecule has 0 spiro atoms. The summed E-state index contributed by atoms with van der Waals surface area (Å²) in [6, 6.07) is 9.93. The Morgan fingerprint density at radius 2 is 2.20 bits per heavy atom. The number of nitrogens with one attached hydrogen (secondary N) is 2. The van der Waals surface area contributed by atoms with Crippen LogP contribution in [0.2, 0.25) is 5.28 Å². The van der Waals surface area contributed by atoms with Crippen molar-refractivity contribution in [2.75, 3.05) is 5.43 Å². The summed E-state index contributed by atoms with van der Waals surface area (Å²) in [5.74, 6) is 0.574. The van der Waals surface area contributed by atoms with Crippen molar-refractivity contribution >= 4 is 34.7 Å². The first-order valence-corrected chi connectivity index (χ1v) is 6.46. The molecule has 0 aliphatic rings. The largest absolute Gasteiger partial charge is 0.346 e. The third-order valence-corrected chi connectivity index (χ3v) is 2.98. The van der Waals surface area contributed by atoms with Crippen LogP contribution in [0.5, 0.6) is 0 Å². The molecule has 2 aromatic heterocycles. The molecule has 6 heteroatoms. The molecular weight excluding hydrogens is 274 g/mol. The van der Waals surface area contributed by atoms with E-state index < -0.39 is 0 Å². The summed E-state index contributed by atoms with van der Waals surface area (Å²) in [5.41, 5.74) is 5.78. The minimum atomic E-state index is 0.174. The number of benzene rings is 1. The average molecular weight is 286 g/mol. The van der Waals surface area contributed by atoms with Crippen molar-refractivity contribution in [3.63, 3.8) is 0 Å². The van der Waals surface area contributed by atoms with Crippen LogP contribution in [0.15, 0.2) is 41.6 Å². The molecule has 0 fully saturated rings. The standard InChI is InChI=1S/C14H12ClN5/c1-9-3-2-4-10(7-9)8-17-20-13-11-5-6-16-12(11)18-14(15)19-13/h2-8H,1H3,(H2,16,18,19,20). The van der Waals surface area contributed by atoms with Crippen LogP contribution in [0.3, 0.4) is 0 Å². The van der Waals surface area contributed by atoms with Crippen LogP contribution in [-0.4, -0.2) is 21.2 Å². The number of rotatable bonds is 3. The summed E-state index contributed by atoms with van der Waals surface area (Å²) < 4.78 is 0. The number of fused-ring (bicyclic) bond motifs is 1. The third-order valence-electron chi connectivity index (χ3n) is 2.81. The first kappa shape index (κ1) is 12.6. The molecule has 0 radical (unpaired) electrons. The zero-order chi connectivity index (χ0) is 13.9. The van der Waals surface area contributed by atoms with Crippen LogP contribution in [0.4, 0.5) is 5.82 Å². The van der Waals surface area contributed by atoms with Gasteiger partial charge in [0.2, 0.25) is 5.28 Å². The summed E-state index contributed by atoms with van der Waals surface area (Å²) in [6.45, 7) is 2.04. The smallest absolute Gasteiger partial charge is 0.226 e. The zero-order valence-electron chi connectivity index (χ0n) is 10.8. The highest BCUT2D eigenvalue weighted by molar-refractivity contribution is 6.28. The average Bonchev–Trinajstić information content (AvgIpc) is 2.87. The van der Waals surface area contributed by atoms with Crippen molar-refractivity contribution in [1.29, 1.82) is 0 Å². The first-order valence-electron chi connectivity index (χ1n) is 6.09. The maximum atomic E-state index is 5.86. The second-order valence-corrected chi connectivity index (χ2v) is 4.70. The van der Waals surface area contributed by atoms with E-state index >= 15 is 0 Å². The molecule has 0 saturated carbocycles. The van der Waals surface area contributed by atoms with E-state index in [2.05, 4.69) is 25.5 Å². The monoisotopic (exact) mass is 285 g/mol. The number of halogens is 1. The predicted octanol–water partition coefficient (Wildman–Crippen LogP) is 3.37. The van der Waals surface area contributed by atoms with Gasteiger partial charge < -0.3 is 4.98 Å². The number of hydrazone groups is 1. The van der Waals surface area contributed by atoms with E-state index in [1.54, 1.807) is 12.4 Å². The van der Waals surface area contributed by atoms with Gasteiger partial charge in [0, 0.05) is 6.20 Å². The minimum absolute atomic E-state index is 0.174. The zero-order valence-corrected chi connectivity index (χ0v) is 11.5. The van der Waals surface area contributed by atoms with Gasteiger partial charge in [-0.2, -0.15) is 15.1 Å². The Bertz CT molecular complexity index is 778. The molecule has 20 heavy (non-hydrogen) atoms. The van der Waals surface area contributed by atoms with E-state index in [0.29, 0.717) is 11.5 Å². The normalized spacial score (nSPS) is 11.3.